The van der Waals surface area contributed by atoms with Gasteiger partial charge in [-0.2, -0.15) is 0 Å². The van der Waals surface area contributed by atoms with Crippen LogP contribution in [0.3, 0.4) is 0 Å². The standard InChI is InChI=1S/C11H13N5O4/c12-10-9-11(14-4-13-10)16(7(3-18)15-9)8-1-5(19)6(2-17)20-8/h3-6,8,17,19H,1-2H2,(H2,12,13,14)/t5?,6-,8-/m1/s1. The van der Waals surface area contributed by atoms with E-state index in [1.165, 1.54) is 10.9 Å². The summed E-state index contributed by atoms with van der Waals surface area (Å²) in [4.78, 5) is 23.1. The second-order valence-electron chi connectivity index (χ2n) is 4.50. The largest absolute Gasteiger partial charge is 0.394 e. The van der Waals surface area contributed by atoms with E-state index < -0.39 is 18.4 Å². The number of fused-ring (bicyclic) bond motifs is 1. The van der Waals surface area contributed by atoms with E-state index in [1.54, 1.807) is 0 Å². The second kappa shape index (κ2) is 4.78. The highest BCUT2D eigenvalue weighted by molar-refractivity contribution is 5.86. The van der Waals surface area contributed by atoms with Crippen LogP contribution in [0.1, 0.15) is 23.3 Å². The third-order valence-corrected chi connectivity index (χ3v) is 3.31. The number of carbonyl (C=O) groups excluding carboxylic acids is 1. The molecule has 3 heterocycles. The van der Waals surface area contributed by atoms with Gasteiger partial charge >= 0.3 is 0 Å². The number of ether oxygens (including phenoxy) is 1. The molecular formula is C11H13N5O4. The zero-order chi connectivity index (χ0) is 14.3. The van der Waals surface area contributed by atoms with Crippen molar-refractivity contribution in [2.45, 2.75) is 24.9 Å². The summed E-state index contributed by atoms with van der Waals surface area (Å²) < 4.78 is 6.98. The number of aromatic nitrogens is 4. The molecule has 3 atom stereocenters. The fourth-order valence-corrected chi connectivity index (χ4v) is 2.35. The van der Waals surface area contributed by atoms with Crippen molar-refractivity contribution in [3.63, 3.8) is 0 Å². The lowest BCUT2D eigenvalue weighted by molar-refractivity contribution is -0.0435. The van der Waals surface area contributed by atoms with Crippen molar-refractivity contribution < 1.29 is 19.7 Å². The average Bonchev–Trinajstić information content (AvgIpc) is 2.99. The third kappa shape index (κ3) is 1.83. The van der Waals surface area contributed by atoms with Crippen LogP contribution >= 0.6 is 0 Å². The Balaban J connectivity index is 2.11. The highest BCUT2D eigenvalue weighted by Crippen LogP contribution is 2.32. The lowest BCUT2D eigenvalue weighted by atomic mass is 10.2. The Morgan fingerprint density at radius 3 is 3.00 bits per heavy atom. The molecule has 0 spiro atoms. The summed E-state index contributed by atoms with van der Waals surface area (Å²) in [5, 5.41) is 18.9. The minimum absolute atomic E-state index is 0.0861. The zero-order valence-corrected chi connectivity index (χ0v) is 10.4. The van der Waals surface area contributed by atoms with Crippen LogP contribution in [0.4, 0.5) is 5.82 Å². The van der Waals surface area contributed by atoms with Crippen LogP contribution in [0, 0.1) is 0 Å². The Labute approximate surface area is 113 Å². The first kappa shape index (κ1) is 12.9. The topological polar surface area (TPSA) is 136 Å². The number of aliphatic hydroxyl groups is 2. The molecule has 106 valence electrons. The number of hydrogen-bond donors (Lipinski definition) is 3. The number of imidazole rings is 1. The number of aliphatic hydroxyl groups excluding tert-OH is 2. The highest BCUT2D eigenvalue weighted by Gasteiger charge is 2.36. The number of carbonyl (C=O) groups is 1. The first-order valence-electron chi connectivity index (χ1n) is 6.03. The minimum atomic E-state index is -0.818. The van der Waals surface area contributed by atoms with Crippen LogP contribution in [0.15, 0.2) is 6.33 Å². The molecule has 0 radical (unpaired) electrons. The molecule has 9 nitrogen and oxygen atoms in total. The van der Waals surface area contributed by atoms with Crippen LogP contribution in [0.25, 0.3) is 11.2 Å². The molecule has 2 aromatic heterocycles. The number of nitrogen functional groups attached to an aromatic ring is 1. The molecule has 2 aromatic rings. The summed E-state index contributed by atoms with van der Waals surface area (Å²) in [5.74, 6) is 0.247. The van der Waals surface area contributed by atoms with Crippen LogP contribution < -0.4 is 5.73 Å². The highest BCUT2D eigenvalue weighted by atomic mass is 16.5. The number of nitrogens with two attached hydrogens (primary N) is 1. The predicted octanol–water partition coefficient (Wildman–Crippen LogP) is -1.14. The molecular weight excluding hydrogens is 266 g/mol. The lowest BCUT2D eigenvalue weighted by Gasteiger charge is -2.14. The fourth-order valence-electron chi connectivity index (χ4n) is 2.35. The smallest absolute Gasteiger partial charge is 0.185 e. The van der Waals surface area contributed by atoms with Gasteiger partial charge in [0.25, 0.3) is 0 Å². The van der Waals surface area contributed by atoms with E-state index in [-0.39, 0.29) is 24.7 Å². The SMILES string of the molecule is Nc1ncnc2c1nc(C=O)n2[C@H]1CC(O)[C@@H](CO)O1. The number of aldehydes is 1. The van der Waals surface area contributed by atoms with Crippen molar-refractivity contribution in [1.29, 1.82) is 0 Å². The molecule has 1 aliphatic rings. The van der Waals surface area contributed by atoms with E-state index in [1.807, 2.05) is 0 Å². The molecule has 9 heteroatoms. The normalized spacial score (nSPS) is 26.2. The Kier molecular flexibility index (Phi) is 3.08. The fraction of sp³-hybridized carbons (Fsp3) is 0.455. The summed E-state index contributed by atoms with van der Waals surface area (Å²) in [7, 11) is 0. The Hall–Kier alpha value is -2.10. The van der Waals surface area contributed by atoms with Crippen LogP contribution in [-0.4, -0.2) is 54.8 Å². The maximum absolute atomic E-state index is 11.2. The molecule has 0 aromatic carbocycles. The van der Waals surface area contributed by atoms with Gasteiger partial charge in [-0.05, 0) is 0 Å². The molecule has 0 amide bonds. The molecule has 0 bridgehead atoms. The maximum atomic E-state index is 11.2. The predicted molar refractivity (Wildman–Crippen MR) is 66.7 cm³/mol. The van der Waals surface area contributed by atoms with Crippen molar-refractivity contribution in [2.24, 2.45) is 0 Å². The van der Waals surface area contributed by atoms with Gasteiger partial charge in [0.2, 0.25) is 0 Å². The van der Waals surface area contributed by atoms with Crippen molar-refractivity contribution in [2.75, 3.05) is 12.3 Å². The Morgan fingerprint density at radius 2 is 2.35 bits per heavy atom. The number of rotatable bonds is 3. The van der Waals surface area contributed by atoms with E-state index in [2.05, 4.69) is 15.0 Å². The molecule has 0 aliphatic carbocycles. The number of hydrogen-bond acceptors (Lipinski definition) is 8. The molecule has 4 N–H and O–H groups in total. The average molecular weight is 279 g/mol. The molecule has 3 rings (SSSR count). The molecule has 1 unspecified atom stereocenters. The Morgan fingerprint density at radius 1 is 1.55 bits per heavy atom. The van der Waals surface area contributed by atoms with Gasteiger partial charge in [-0.1, -0.05) is 0 Å². The zero-order valence-electron chi connectivity index (χ0n) is 10.4. The maximum Gasteiger partial charge on any atom is 0.185 e. The van der Waals surface area contributed by atoms with Gasteiger partial charge in [-0.3, -0.25) is 9.36 Å². The van der Waals surface area contributed by atoms with Crippen LogP contribution in [0.5, 0.6) is 0 Å². The van der Waals surface area contributed by atoms with Crippen molar-refractivity contribution in [3.8, 4) is 0 Å². The molecule has 1 saturated heterocycles. The second-order valence-corrected chi connectivity index (χ2v) is 4.50. The summed E-state index contributed by atoms with van der Waals surface area (Å²) in [5.41, 5.74) is 6.36. The number of nitrogens with zero attached hydrogens (tertiary/aromatic N) is 4. The molecule has 1 aliphatic heterocycles. The summed E-state index contributed by atoms with van der Waals surface area (Å²) in [6.07, 6.45) is -0.108. The van der Waals surface area contributed by atoms with E-state index in [0.29, 0.717) is 17.5 Å². The first-order chi connectivity index (χ1) is 9.65. The van der Waals surface area contributed by atoms with Gasteiger partial charge in [-0.25, -0.2) is 15.0 Å². The van der Waals surface area contributed by atoms with E-state index in [9.17, 15) is 9.90 Å². The monoisotopic (exact) mass is 279 g/mol. The quantitative estimate of drug-likeness (QED) is 0.600. The third-order valence-electron chi connectivity index (χ3n) is 3.31. The molecule has 0 saturated carbocycles. The van der Waals surface area contributed by atoms with E-state index in [4.69, 9.17) is 15.6 Å². The van der Waals surface area contributed by atoms with Crippen LogP contribution in [0.2, 0.25) is 0 Å². The van der Waals surface area contributed by atoms with E-state index >= 15 is 0 Å². The number of anilines is 1. The van der Waals surface area contributed by atoms with Gasteiger partial charge in [0.1, 0.15) is 18.7 Å². The lowest BCUT2D eigenvalue weighted by Crippen LogP contribution is -2.24. The van der Waals surface area contributed by atoms with Gasteiger partial charge < -0.3 is 20.7 Å². The summed E-state index contributed by atoms with van der Waals surface area (Å²) >= 11 is 0. The first-order valence-corrected chi connectivity index (χ1v) is 6.03. The van der Waals surface area contributed by atoms with Gasteiger partial charge in [0.15, 0.2) is 29.1 Å². The summed E-state index contributed by atoms with van der Waals surface area (Å²) in [6.45, 7) is -0.308. The van der Waals surface area contributed by atoms with Crippen LogP contribution in [-0.2, 0) is 4.74 Å². The van der Waals surface area contributed by atoms with Gasteiger partial charge in [0, 0.05) is 6.42 Å². The van der Waals surface area contributed by atoms with E-state index in [0.717, 1.165) is 0 Å². The van der Waals surface area contributed by atoms with Crippen molar-refractivity contribution in [1.82, 2.24) is 19.5 Å². The van der Waals surface area contributed by atoms with Gasteiger partial charge in [-0.15, -0.1) is 0 Å². The van der Waals surface area contributed by atoms with Crippen molar-refractivity contribution >= 4 is 23.3 Å². The Bertz CT molecular complexity index is 658. The van der Waals surface area contributed by atoms with Crippen molar-refractivity contribution in [3.05, 3.63) is 12.2 Å². The minimum Gasteiger partial charge on any atom is -0.394 e. The molecule has 1 fully saturated rings. The molecule has 20 heavy (non-hydrogen) atoms. The van der Waals surface area contributed by atoms with Gasteiger partial charge in [0.05, 0.1) is 12.7 Å². The summed E-state index contributed by atoms with van der Waals surface area (Å²) in [6, 6.07) is 0.